The number of hydrogen-bond donors (Lipinski definition) is 0. The van der Waals surface area contributed by atoms with E-state index in [1.165, 1.54) is 5.56 Å². The summed E-state index contributed by atoms with van der Waals surface area (Å²) < 4.78 is 6.91. The van der Waals surface area contributed by atoms with Gasteiger partial charge in [0, 0.05) is 64.3 Å². The Morgan fingerprint density at radius 2 is 2.00 bits per heavy atom. The first-order chi connectivity index (χ1) is 9.22. The highest BCUT2D eigenvalue weighted by Gasteiger charge is 2.17. The molecule has 0 spiro atoms. The summed E-state index contributed by atoms with van der Waals surface area (Å²) in [7, 11) is 1.76. The van der Waals surface area contributed by atoms with Crippen molar-refractivity contribution in [2.75, 3.05) is 46.4 Å². The zero-order valence-electron chi connectivity index (χ0n) is 12.0. The molecule has 1 aliphatic rings. The molecule has 5 nitrogen and oxygen atoms in total. The maximum absolute atomic E-state index is 5.12. The highest BCUT2D eigenvalue weighted by Crippen LogP contribution is 2.11. The molecule has 19 heavy (non-hydrogen) atoms. The van der Waals surface area contributed by atoms with Crippen molar-refractivity contribution in [2.45, 2.75) is 13.5 Å². The minimum atomic E-state index is 0.825. The number of piperazine rings is 1. The molecule has 0 saturated carbocycles. The predicted octanol–water partition coefficient (Wildman–Crippen LogP) is 1.06. The standard InChI is InChI=1S/C14H24N4O/c1-4-18-12-14(13(2)15-18)11-17-7-5-16(6-8-17)9-10-19-3/h4,12H,1,5-11H2,2-3H3. The maximum Gasteiger partial charge on any atom is 0.0642 e. The highest BCUT2D eigenvalue weighted by atomic mass is 16.5. The van der Waals surface area contributed by atoms with E-state index in [0.29, 0.717) is 0 Å². The van der Waals surface area contributed by atoms with Crippen LogP contribution in [0.4, 0.5) is 0 Å². The normalized spacial score (nSPS) is 17.8. The minimum Gasteiger partial charge on any atom is -0.383 e. The second-order valence-corrected chi connectivity index (χ2v) is 5.01. The molecular formula is C14H24N4O. The average molecular weight is 264 g/mol. The van der Waals surface area contributed by atoms with E-state index in [1.54, 1.807) is 18.0 Å². The van der Waals surface area contributed by atoms with E-state index >= 15 is 0 Å². The van der Waals surface area contributed by atoms with Gasteiger partial charge in [-0.15, -0.1) is 0 Å². The summed E-state index contributed by atoms with van der Waals surface area (Å²) in [5.74, 6) is 0. The molecule has 1 aromatic heterocycles. The van der Waals surface area contributed by atoms with Crippen molar-refractivity contribution in [3.05, 3.63) is 24.0 Å². The molecule has 5 heteroatoms. The van der Waals surface area contributed by atoms with E-state index < -0.39 is 0 Å². The van der Waals surface area contributed by atoms with Crippen molar-refractivity contribution >= 4 is 6.20 Å². The summed E-state index contributed by atoms with van der Waals surface area (Å²) >= 11 is 0. The van der Waals surface area contributed by atoms with Crippen LogP contribution in [-0.2, 0) is 11.3 Å². The van der Waals surface area contributed by atoms with Gasteiger partial charge in [-0.3, -0.25) is 9.80 Å². The van der Waals surface area contributed by atoms with Crippen molar-refractivity contribution in [3.8, 4) is 0 Å². The Morgan fingerprint density at radius 3 is 2.58 bits per heavy atom. The highest BCUT2D eigenvalue weighted by molar-refractivity contribution is 5.23. The second-order valence-electron chi connectivity index (χ2n) is 5.01. The van der Waals surface area contributed by atoms with Crippen LogP contribution in [0, 0.1) is 6.92 Å². The molecule has 0 N–H and O–H groups in total. The number of aromatic nitrogens is 2. The predicted molar refractivity (Wildman–Crippen MR) is 76.9 cm³/mol. The molecule has 1 fully saturated rings. The topological polar surface area (TPSA) is 33.5 Å². The number of ether oxygens (including phenoxy) is 1. The zero-order valence-corrected chi connectivity index (χ0v) is 12.0. The van der Waals surface area contributed by atoms with E-state index in [0.717, 1.165) is 51.6 Å². The molecule has 1 aromatic rings. The largest absolute Gasteiger partial charge is 0.383 e. The fourth-order valence-corrected chi connectivity index (χ4v) is 2.40. The molecule has 0 radical (unpaired) electrons. The summed E-state index contributed by atoms with van der Waals surface area (Å²) in [6.07, 6.45) is 3.80. The summed E-state index contributed by atoms with van der Waals surface area (Å²) in [6.45, 7) is 13.1. The third kappa shape index (κ3) is 3.89. The lowest BCUT2D eigenvalue weighted by Crippen LogP contribution is -2.46. The molecule has 0 unspecified atom stereocenters. The quantitative estimate of drug-likeness (QED) is 0.769. The number of hydrogen-bond acceptors (Lipinski definition) is 4. The fraction of sp³-hybridized carbons (Fsp3) is 0.643. The van der Waals surface area contributed by atoms with Gasteiger partial charge in [0.25, 0.3) is 0 Å². The Morgan fingerprint density at radius 1 is 1.32 bits per heavy atom. The third-order valence-electron chi connectivity index (χ3n) is 3.68. The Balaban J connectivity index is 1.81. The molecular weight excluding hydrogens is 240 g/mol. The number of rotatable bonds is 6. The zero-order chi connectivity index (χ0) is 13.7. The monoisotopic (exact) mass is 264 g/mol. The third-order valence-corrected chi connectivity index (χ3v) is 3.68. The Kier molecular flexibility index (Phi) is 5.13. The molecule has 0 bridgehead atoms. The van der Waals surface area contributed by atoms with Crippen LogP contribution in [0.3, 0.4) is 0 Å². The van der Waals surface area contributed by atoms with Crippen LogP contribution in [-0.4, -0.2) is 66.0 Å². The van der Waals surface area contributed by atoms with E-state index in [9.17, 15) is 0 Å². The minimum absolute atomic E-state index is 0.825. The van der Waals surface area contributed by atoms with Crippen molar-refractivity contribution < 1.29 is 4.74 Å². The van der Waals surface area contributed by atoms with Crippen LogP contribution in [0.5, 0.6) is 0 Å². The summed E-state index contributed by atoms with van der Waals surface area (Å²) in [6, 6.07) is 0. The molecule has 0 amide bonds. The number of aryl methyl sites for hydroxylation is 1. The smallest absolute Gasteiger partial charge is 0.0642 e. The SMILES string of the molecule is C=Cn1cc(CN2CCN(CCOC)CC2)c(C)n1. The Hall–Kier alpha value is -1.17. The van der Waals surface area contributed by atoms with E-state index in [4.69, 9.17) is 4.74 Å². The lowest BCUT2D eigenvalue weighted by Gasteiger charge is -2.34. The van der Waals surface area contributed by atoms with Gasteiger partial charge in [0.1, 0.15) is 0 Å². The maximum atomic E-state index is 5.12. The van der Waals surface area contributed by atoms with Crippen molar-refractivity contribution in [1.29, 1.82) is 0 Å². The van der Waals surface area contributed by atoms with Gasteiger partial charge in [-0.05, 0) is 6.92 Å². The van der Waals surface area contributed by atoms with Gasteiger partial charge in [-0.1, -0.05) is 6.58 Å². The van der Waals surface area contributed by atoms with Gasteiger partial charge in [0.15, 0.2) is 0 Å². The molecule has 0 aliphatic carbocycles. The van der Waals surface area contributed by atoms with Gasteiger partial charge in [0.2, 0.25) is 0 Å². The van der Waals surface area contributed by atoms with Crippen LogP contribution in [0.15, 0.2) is 12.8 Å². The fourth-order valence-electron chi connectivity index (χ4n) is 2.40. The van der Waals surface area contributed by atoms with Gasteiger partial charge >= 0.3 is 0 Å². The molecule has 2 rings (SSSR count). The number of methoxy groups -OCH3 is 1. The second kappa shape index (κ2) is 6.84. The van der Waals surface area contributed by atoms with Crippen molar-refractivity contribution in [3.63, 3.8) is 0 Å². The van der Waals surface area contributed by atoms with Crippen LogP contribution < -0.4 is 0 Å². The summed E-state index contributed by atoms with van der Waals surface area (Å²) in [5, 5.41) is 4.40. The molecule has 0 aromatic carbocycles. The van der Waals surface area contributed by atoms with E-state index in [1.807, 2.05) is 0 Å². The molecule has 2 heterocycles. The first kappa shape index (κ1) is 14.2. The van der Waals surface area contributed by atoms with Crippen molar-refractivity contribution in [2.24, 2.45) is 0 Å². The van der Waals surface area contributed by atoms with Crippen LogP contribution in [0.25, 0.3) is 6.20 Å². The lowest BCUT2D eigenvalue weighted by molar-refractivity contribution is 0.0937. The molecule has 0 atom stereocenters. The van der Waals surface area contributed by atoms with Crippen LogP contribution in [0.1, 0.15) is 11.3 Å². The first-order valence-corrected chi connectivity index (χ1v) is 6.83. The van der Waals surface area contributed by atoms with Crippen LogP contribution in [0.2, 0.25) is 0 Å². The average Bonchev–Trinajstić information content (AvgIpc) is 2.79. The molecule has 1 saturated heterocycles. The summed E-state index contributed by atoms with van der Waals surface area (Å²) in [5.41, 5.74) is 2.40. The lowest BCUT2D eigenvalue weighted by atomic mass is 10.2. The van der Waals surface area contributed by atoms with Crippen LogP contribution >= 0.6 is 0 Å². The van der Waals surface area contributed by atoms with Gasteiger partial charge < -0.3 is 4.74 Å². The van der Waals surface area contributed by atoms with Gasteiger partial charge in [-0.2, -0.15) is 5.10 Å². The van der Waals surface area contributed by atoms with Gasteiger partial charge in [-0.25, -0.2) is 4.68 Å². The Bertz CT molecular complexity index is 408. The van der Waals surface area contributed by atoms with E-state index in [2.05, 4.69) is 34.6 Å². The molecule has 106 valence electrons. The summed E-state index contributed by atoms with van der Waals surface area (Å²) in [4.78, 5) is 4.95. The van der Waals surface area contributed by atoms with Gasteiger partial charge in [0.05, 0.1) is 12.3 Å². The Labute approximate surface area is 115 Å². The van der Waals surface area contributed by atoms with Crippen molar-refractivity contribution in [1.82, 2.24) is 19.6 Å². The molecule has 1 aliphatic heterocycles. The number of nitrogens with zero attached hydrogens (tertiary/aromatic N) is 4. The first-order valence-electron chi connectivity index (χ1n) is 6.83. The van der Waals surface area contributed by atoms with E-state index in [-0.39, 0.29) is 0 Å².